The van der Waals surface area contributed by atoms with Crippen LogP contribution in [0.15, 0.2) is 36.9 Å². The van der Waals surface area contributed by atoms with Crippen molar-refractivity contribution < 1.29 is 4.74 Å². The largest absolute Gasteiger partial charge is 0.472 e. The van der Waals surface area contributed by atoms with Crippen LogP contribution in [-0.4, -0.2) is 15.0 Å². The van der Waals surface area contributed by atoms with E-state index in [1.165, 1.54) is 0 Å². The lowest BCUT2D eigenvalue weighted by molar-refractivity contribution is 0.291. The molecule has 0 aliphatic carbocycles. The van der Waals surface area contributed by atoms with Crippen LogP contribution in [0.4, 0.5) is 0 Å². The van der Waals surface area contributed by atoms with Crippen molar-refractivity contribution in [1.29, 1.82) is 0 Å². The Labute approximate surface area is 107 Å². The summed E-state index contributed by atoms with van der Waals surface area (Å²) in [5.41, 5.74) is 2.03. The van der Waals surface area contributed by atoms with Gasteiger partial charge in [-0.15, -0.1) is 0 Å². The van der Waals surface area contributed by atoms with E-state index >= 15 is 0 Å². The molecule has 0 aliphatic heterocycles. The van der Waals surface area contributed by atoms with Crippen LogP contribution in [0.5, 0.6) is 5.88 Å². The Hall–Kier alpha value is -1.97. The molecule has 0 unspecified atom stereocenters. The van der Waals surface area contributed by atoms with Crippen molar-refractivity contribution in [3.05, 3.63) is 48.2 Å². The molecule has 0 saturated heterocycles. The summed E-state index contributed by atoms with van der Waals surface area (Å²) in [7, 11) is 0. The summed E-state index contributed by atoms with van der Waals surface area (Å²) in [5.74, 6) is 0.541. The average Bonchev–Trinajstić information content (AvgIpc) is 2.37. The predicted molar refractivity (Wildman–Crippen MR) is 69.3 cm³/mol. The molecular formula is C14H17N3O. The molecule has 0 radical (unpaired) electrons. The molecule has 0 saturated carbocycles. The fourth-order valence-electron chi connectivity index (χ4n) is 1.41. The summed E-state index contributed by atoms with van der Waals surface area (Å²) in [6, 6.07) is 3.83. The molecule has 2 heterocycles. The minimum atomic E-state index is 0.0105. The fraction of sp³-hybridized carbons (Fsp3) is 0.357. The lowest BCUT2D eigenvalue weighted by atomic mass is 9.93. The molecule has 4 heteroatoms. The zero-order valence-corrected chi connectivity index (χ0v) is 10.9. The lowest BCUT2D eigenvalue weighted by Gasteiger charge is -2.16. The van der Waals surface area contributed by atoms with E-state index in [9.17, 15) is 0 Å². The first-order valence-electron chi connectivity index (χ1n) is 5.90. The second-order valence-electron chi connectivity index (χ2n) is 5.13. The molecule has 0 spiro atoms. The van der Waals surface area contributed by atoms with Crippen molar-refractivity contribution in [2.24, 2.45) is 0 Å². The predicted octanol–water partition coefficient (Wildman–Crippen LogP) is 2.75. The van der Waals surface area contributed by atoms with Crippen LogP contribution < -0.4 is 4.74 Å². The number of pyridine rings is 1. The van der Waals surface area contributed by atoms with Gasteiger partial charge in [-0.25, -0.2) is 4.98 Å². The van der Waals surface area contributed by atoms with Crippen molar-refractivity contribution in [2.75, 3.05) is 0 Å². The van der Waals surface area contributed by atoms with Gasteiger partial charge in [0.15, 0.2) is 0 Å². The van der Waals surface area contributed by atoms with Gasteiger partial charge in [-0.2, -0.15) is 0 Å². The molecular weight excluding hydrogens is 226 g/mol. The molecule has 0 N–H and O–H groups in total. The summed E-state index contributed by atoms with van der Waals surface area (Å²) in [5, 5.41) is 0. The normalized spacial score (nSPS) is 11.3. The highest BCUT2D eigenvalue weighted by Crippen LogP contribution is 2.19. The average molecular weight is 243 g/mol. The topological polar surface area (TPSA) is 47.9 Å². The van der Waals surface area contributed by atoms with Crippen molar-refractivity contribution in [1.82, 2.24) is 15.0 Å². The molecule has 4 nitrogen and oxygen atoms in total. The number of hydrogen-bond acceptors (Lipinski definition) is 4. The van der Waals surface area contributed by atoms with Crippen molar-refractivity contribution >= 4 is 0 Å². The maximum atomic E-state index is 5.56. The maximum Gasteiger partial charge on any atom is 0.232 e. The first-order valence-corrected chi connectivity index (χ1v) is 5.90. The van der Waals surface area contributed by atoms with Gasteiger partial charge in [0.2, 0.25) is 5.88 Å². The fourth-order valence-corrected chi connectivity index (χ4v) is 1.41. The molecule has 0 aliphatic rings. The first-order chi connectivity index (χ1) is 8.55. The minimum Gasteiger partial charge on any atom is -0.472 e. The molecule has 2 aromatic heterocycles. The van der Waals surface area contributed by atoms with Gasteiger partial charge in [0.25, 0.3) is 0 Å². The SMILES string of the molecule is CC(C)(C)c1cnc(OCc2ccncc2)cn1. The van der Waals surface area contributed by atoms with Gasteiger partial charge < -0.3 is 4.74 Å². The molecule has 0 amide bonds. The maximum absolute atomic E-state index is 5.56. The van der Waals surface area contributed by atoms with E-state index in [0.29, 0.717) is 12.5 Å². The van der Waals surface area contributed by atoms with E-state index in [1.807, 2.05) is 12.1 Å². The van der Waals surface area contributed by atoms with Gasteiger partial charge in [-0.3, -0.25) is 9.97 Å². The Kier molecular flexibility index (Phi) is 3.55. The van der Waals surface area contributed by atoms with Crippen LogP contribution in [0.2, 0.25) is 0 Å². The van der Waals surface area contributed by atoms with Gasteiger partial charge in [-0.1, -0.05) is 20.8 Å². The molecule has 0 atom stereocenters. The molecule has 0 fully saturated rings. The first kappa shape index (κ1) is 12.5. The van der Waals surface area contributed by atoms with E-state index in [-0.39, 0.29) is 5.41 Å². The zero-order valence-electron chi connectivity index (χ0n) is 10.9. The van der Waals surface area contributed by atoms with E-state index in [1.54, 1.807) is 24.8 Å². The molecule has 2 aromatic rings. The Bertz CT molecular complexity index is 489. The van der Waals surface area contributed by atoms with E-state index in [0.717, 1.165) is 11.3 Å². The summed E-state index contributed by atoms with van der Waals surface area (Å²) in [4.78, 5) is 12.6. The second kappa shape index (κ2) is 5.12. The summed E-state index contributed by atoms with van der Waals surface area (Å²) < 4.78 is 5.56. The van der Waals surface area contributed by atoms with Crippen LogP contribution in [-0.2, 0) is 12.0 Å². The minimum absolute atomic E-state index is 0.0105. The number of rotatable bonds is 3. The Balaban J connectivity index is 1.99. The third-order valence-corrected chi connectivity index (χ3v) is 2.53. The molecule has 0 bridgehead atoms. The van der Waals surface area contributed by atoms with Crippen LogP contribution >= 0.6 is 0 Å². The van der Waals surface area contributed by atoms with Crippen molar-refractivity contribution in [2.45, 2.75) is 32.8 Å². The van der Waals surface area contributed by atoms with Gasteiger partial charge in [0, 0.05) is 17.8 Å². The van der Waals surface area contributed by atoms with Gasteiger partial charge in [0.1, 0.15) is 6.61 Å². The standard InChI is InChI=1S/C14H17N3O/c1-14(2,3)12-8-17-13(9-16-12)18-10-11-4-6-15-7-5-11/h4-9H,10H2,1-3H3. The van der Waals surface area contributed by atoms with Gasteiger partial charge in [-0.05, 0) is 17.7 Å². The third-order valence-electron chi connectivity index (χ3n) is 2.53. The van der Waals surface area contributed by atoms with Crippen LogP contribution in [0.1, 0.15) is 32.0 Å². The highest BCUT2D eigenvalue weighted by atomic mass is 16.5. The Morgan fingerprint density at radius 3 is 2.33 bits per heavy atom. The van der Waals surface area contributed by atoms with Crippen LogP contribution in [0, 0.1) is 0 Å². The monoisotopic (exact) mass is 243 g/mol. The quantitative estimate of drug-likeness (QED) is 0.831. The van der Waals surface area contributed by atoms with E-state index in [2.05, 4.69) is 35.7 Å². The van der Waals surface area contributed by atoms with Crippen LogP contribution in [0.3, 0.4) is 0 Å². The molecule has 94 valence electrons. The van der Waals surface area contributed by atoms with Crippen molar-refractivity contribution in [3.63, 3.8) is 0 Å². The zero-order chi connectivity index (χ0) is 13.0. The highest BCUT2D eigenvalue weighted by Gasteiger charge is 2.15. The highest BCUT2D eigenvalue weighted by molar-refractivity contribution is 5.15. The van der Waals surface area contributed by atoms with Crippen molar-refractivity contribution in [3.8, 4) is 5.88 Å². The molecule has 2 rings (SSSR count). The lowest BCUT2D eigenvalue weighted by Crippen LogP contribution is -2.13. The van der Waals surface area contributed by atoms with Gasteiger partial charge >= 0.3 is 0 Å². The number of hydrogen-bond donors (Lipinski definition) is 0. The summed E-state index contributed by atoms with van der Waals surface area (Å²) in [6.07, 6.45) is 6.92. The van der Waals surface area contributed by atoms with E-state index in [4.69, 9.17) is 4.74 Å². The summed E-state index contributed by atoms with van der Waals surface area (Å²) >= 11 is 0. The second-order valence-corrected chi connectivity index (χ2v) is 5.13. The van der Waals surface area contributed by atoms with Gasteiger partial charge in [0.05, 0.1) is 18.1 Å². The summed E-state index contributed by atoms with van der Waals surface area (Å²) in [6.45, 7) is 6.80. The molecule has 18 heavy (non-hydrogen) atoms. The number of nitrogens with zero attached hydrogens (tertiary/aromatic N) is 3. The van der Waals surface area contributed by atoms with Crippen LogP contribution in [0.25, 0.3) is 0 Å². The molecule has 0 aromatic carbocycles. The third kappa shape index (κ3) is 3.26. The number of ether oxygens (including phenoxy) is 1. The number of aromatic nitrogens is 3. The Morgan fingerprint density at radius 2 is 1.78 bits per heavy atom. The Morgan fingerprint density at radius 1 is 1.06 bits per heavy atom. The van der Waals surface area contributed by atoms with E-state index < -0.39 is 0 Å². The smallest absolute Gasteiger partial charge is 0.232 e.